The molecule has 4 nitrogen and oxygen atoms in total. The molecule has 1 aliphatic heterocycles. The summed E-state index contributed by atoms with van der Waals surface area (Å²) in [7, 11) is 0. The molecule has 0 saturated carbocycles. The summed E-state index contributed by atoms with van der Waals surface area (Å²) in [5.41, 5.74) is 0. The van der Waals surface area contributed by atoms with Gasteiger partial charge in [0.05, 0.1) is 12.2 Å². The average molecular weight is 227 g/mol. The maximum Gasteiger partial charge on any atom is 0.242 e. The quantitative estimate of drug-likeness (QED) is 0.787. The van der Waals surface area contributed by atoms with Crippen LogP contribution in [0.3, 0.4) is 0 Å². The predicted octanol–water partition coefficient (Wildman–Crippen LogP) is 0.859. The van der Waals surface area contributed by atoms with Gasteiger partial charge in [0.2, 0.25) is 5.91 Å². The van der Waals surface area contributed by atoms with Crippen LogP contribution in [0.1, 0.15) is 6.42 Å². The molecule has 2 rings (SSSR count). The lowest BCUT2D eigenvalue weighted by molar-refractivity contribution is -0.117. The molecular weight excluding hydrogens is 216 g/mol. The molecule has 86 valence electrons. The minimum atomic E-state index is -0.989. The first-order valence-corrected chi connectivity index (χ1v) is 4.95. The molecule has 2 heterocycles. The largest absolute Gasteiger partial charge is 0.309 e. The van der Waals surface area contributed by atoms with Gasteiger partial charge in [0.15, 0.2) is 0 Å². The molecule has 2 atom stereocenters. The van der Waals surface area contributed by atoms with Gasteiger partial charge in [0.1, 0.15) is 17.8 Å². The Bertz CT molecular complexity index is 382. The standard InChI is InChI=1S/C10H11F2N3O/c11-6-1-2-9(14-4-6)15-10(16)8-3-7(12)5-13-8/h1-2,4,7-8,13H,3,5H2,(H,14,15,16)/t7-,8+/m0/s1. The first kappa shape index (κ1) is 10.9. The third-order valence-corrected chi connectivity index (χ3v) is 2.37. The Kier molecular flexibility index (Phi) is 3.09. The fraction of sp³-hybridized carbons (Fsp3) is 0.400. The molecule has 2 N–H and O–H groups in total. The molecule has 0 unspecified atom stereocenters. The smallest absolute Gasteiger partial charge is 0.242 e. The lowest BCUT2D eigenvalue weighted by Crippen LogP contribution is -2.35. The molecule has 0 bridgehead atoms. The first-order valence-electron chi connectivity index (χ1n) is 4.95. The zero-order chi connectivity index (χ0) is 11.5. The van der Waals surface area contributed by atoms with Crippen molar-refractivity contribution in [1.82, 2.24) is 10.3 Å². The van der Waals surface area contributed by atoms with E-state index in [0.29, 0.717) is 0 Å². The Balaban J connectivity index is 1.94. The number of nitrogens with zero attached hydrogens (tertiary/aromatic N) is 1. The van der Waals surface area contributed by atoms with E-state index in [1.165, 1.54) is 12.1 Å². The Morgan fingerprint density at radius 2 is 2.38 bits per heavy atom. The van der Waals surface area contributed by atoms with Gasteiger partial charge in [-0.2, -0.15) is 0 Å². The third kappa shape index (κ3) is 2.52. The van der Waals surface area contributed by atoms with Crippen molar-refractivity contribution in [2.24, 2.45) is 0 Å². The fourth-order valence-corrected chi connectivity index (χ4v) is 1.56. The molecule has 6 heteroatoms. The van der Waals surface area contributed by atoms with Crippen molar-refractivity contribution in [2.75, 3.05) is 11.9 Å². The van der Waals surface area contributed by atoms with Gasteiger partial charge in [0.25, 0.3) is 0 Å². The topological polar surface area (TPSA) is 54.0 Å². The molecule has 1 amide bonds. The molecule has 1 aromatic heterocycles. The molecule has 16 heavy (non-hydrogen) atoms. The molecule has 0 aliphatic carbocycles. The minimum Gasteiger partial charge on any atom is -0.309 e. The Morgan fingerprint density at radius 1 is 1.56 bits per heavy atom. The minimum absolute atomic E-state index is 0.160. The number of hydrogen-bond acceptors (Lipinski definition) is 3. The number of alkyl halides is 1. The lowest BCUT2D eigenvalue weighted by atomic mass is 10.2. The van der Waals surface area contributed by atoms with E-state index < -0.39 is 18.0 Å². The van der Waals surface area contributed by atoms with Crippen molar-refractivity contribution >= 4 is 11.7 Å². The van der Waals surface area contributed by atoms with E-state index in [1.807, 2.05) is 0 Å². The number of anilines is 1. The normalized spacial score (nSPS) is 24.4. The molecule has 1 aliphatic rings. The monoisotopic (exact) mass is 227 g/mol. The van der Waals surface area contributed by atoms with Gasteiger partial charge in [-0.25, -0.2) is 13.8 Å². The molecule has 1 aromatic rings. The van der Waals surface area contributed by atoms with Crippen molar-refractivity contribution in [3.8, 4) is 0 Å². The van der Waals surface area contributed by atoms with Crippen LogP contribution < -0.4 is 10.6 Å². The summed E-state index contributed by atoms with van der Waals surface area (Å²) in [6, 6.07) is 2.01. The fourth-order valence-electron chi connectivity index (χ4n) is 1.56. The van der Waals surface area contributed by atoms with Crippen LogP contribution in [0, 0.1) is 5.82 Å². The maximum atomic E-state index is 12.8. The summed E-state index contributed by atoms with van der Waals surface area (Å²) >= 11 is 0. The number of carbonyl (C=O) groups is 1. The Morgan fingerprint density at radius 3 is 2.94 bits per heavy atom. The van der Waals surface area contributed by atoms with Crippen LogP contribution in [0.5, 0.6) is 0 Å². The van der Waals surface area contributed by atoms with Gasteiger partial charge in [-0.1, -0.05) is 0 Å². The molecular formula is C10H11F2N3O. The van der Waals surface area contributed by atoms with E-state index >= 15 is 0 Å². The van der Waals surface area contributed by atoms with Crippen LogP contribution in [0.25, 0.3) is 0 Å². The van der Waals surface area contributed by atoms with Gasteiger partial charge in [0, 0.05) is 13.0 Å². The van der Waals surface area contributed by atoms with Crippen molar-refractivity contribution in [3.05, 3.63) is 24.1 Å². The highest BCUT2D eigenvalue weighted by Gasteiger charge is 2.29. The number of aromatic nitrogens is 1. The molecule has 1 fully saturated rings. The number of hydrogen-bond donors (Lipinski definition) is 2. The first-order chi connectivity index (χ1) is 7.65. The van der Waals surface area contributed by atoms with Crippen molar-refractivity contribution in [2.45, 2.75) is 18.6 Å². The highest BCUT2D eigenvalue weighted by atomic mass is 19.1. The summed E-state index contributed by atoms with van der Waals surface area (Å²) < 4.78 is 25.4. The zero-order valence-corrected chi connectivity index (χ0v) is 8.41. The number of nitrogens with one attached hydrogen (secondary N) is 2. The maximum absolute atomic E-state index is 12.8. The van der Waals surface area contributed by atoms with Crippen molar-refractivity contribution in [3.63, 3.8) is 0 Å². The second kappa shape index (κ2) is 4.52. The second-order valence-electron chi connectivity index (χ2n) is 3.64. The van der Waals surface area contributed by atoms with E-state index in [0.717, 1.165) is 6.20 Å². The highest BCUT2D eigenvalue weighted by molar-refractivity contribution is 5.94. The van der Waals surface area contributed by atoms with Crippen LogP contribution in [0.4, 0.5) is 14.6 Å². The van der Waals surface area contributed by atoms with Crippen LogP contribution in [0.15, 0.2) is 18.3 Å². The zero-order valence-electron chi connectivity index (χ0n) is 8.41. The van der Waals surface area contributed by atoms with Crippen LogP contribution in [-0.4, -0.2) is 29.6 Å². The SMILES string of the molecule is O=C(Nc1ccc(F)cn1)[C@H]1C[C@H](F)CN1. The number of rotatable bonds is 2. The molecule has 0 aromatic carbocycles. The summed E-state index contributed by atoms with van der Waals surface area (Å²) in [6.45, 7) is 0.189. The van der Waals surface area contributed by atoms with E-state index in [2.05, 4.69) is 15.6 Å². The lowest BCUT2D eigenvalue weighted by Gasteiger charge is -2.09. The van der Waals surface area contributed by atoms with Crippen LogP contribution >= 0.6 is 0 Å². The van der Waals surface area contributed by atoms with Crippen molar-refractivity contribution < 1.29 is 13.6 Å². The average Bonchev–Trinajstić information content (AvgIpc) is 2.68. The van der Waals surface area contributed by atoms with E-state index in [9.17, 15) is 13.6 Å². The third-order valence-electron chi connectivity index (χ3n) is 2.37. The predicted molar refractivity (Wildman–Crippen MR) is 54.1 cm³/mol. The number of pyridine rings is 1. The van der Waals surface area contributed by atoms with Gasteiger partial charge in [-0.05, 0) is 12.1 Å². The van der Waals surface area contributed by atoms with Gasteiger partial charge >= 0.3 is 0 Å². The number of halogens is 2. The van der Waals surface area contributed by atoms with Gasteiger partial charge in [-0.15, -0.1) is 0 Å². The summed E-state index contributed by atoms with van der Waals surface area (Å²) in [6.07, 6.45) is 0.180. The summed E-state index contributed by atoms with van der Waals surface area (Å²) in [4.78, 5) is 15.3. The number of carbonyl (C=O) groups excluding carboxylic acids is 1. The molecule has 1 saturated heterocycles. The molecule has 0 radical (unpaired) electrons. The van der Waals surface area contributed by atoms with E-state index in [1.54, 1.807) is 0 Å². The molecule has 0 spiro atoms. The van der Waals surface area contributed by atoms with Crippen LogP contribution in [-0.2, 0) is 4.79 Å². The summed E-state index contributed by atoms with van der Waals surface area (Å²) in [5, 5.41) is 5.23. The summed E-state index contributed by atoms with van der Waals surface area (Å²) in [5.74, 6) is -0.560. The van der Waals surface area contributed by atoms with E-state index in [4.69, 9.17) is 0 Å². The van der Waals surface area contributed by atoms with Gasteiger partial charge < -0.3 is 10.6 Å². The van der Waals surface area contributed by atoms with Crippen molar-refractivity contribution in [1.29, 1.82) is 0 Å². The number of amides is 1. The highest BCUT2D eigenvalue weighted by Crippen LogP contribution is 2.12. The van der Waals surface area contributed by atoms with Crippen LogP contribution in [0.2, 0.25) is 0 Å². The second-order valence-corrected chi connectivity index (χ2v) is 3.64. The van der Waals surface area contributed by atoms with E-state index in [-0.39, 0.29) is 24.7 Å². The Hall–Kier alpha value is -1.56. The Labute approximate surface area is 91.1 Å². The van der Waals surface area contributed by atoms with Gasteiger partial charge in [-0.3, -0.25) is 4.79 Å².